The van der Waals surface area contributed by atoms with Gasteiger partial charge in [-0.3, -0.25) is 9.69 Å². The molecule has 5 atom stereocenters. The van der Waals surface area contributed by atoms with E-state index in [2.05, 4.69) is 11.0 Å². The number of phenolic OH excluding ortho intramolecular Hbond substituents is 1. The molecule has 1 spiro atoms. The molecule has 1 aromatic carbocycles. The Morgan fingerprint density at radius 1 is 1.33 bits per heavy atom. The second-order valence-electron chi connectivity index (χ2n) is 9.32. The fourth-order valence-corrected chi connectivity index (χ4v) is 7.87. The quantitative estimate of drug-likeness (QED) is 0.863. The van der Waals surface area contributed by atoms with E-state index in [4.69, 9.17) is 4.74 Å². The Kier molecular flexibility index (Phi) is 3.51. The number of benzene rings is 1. The Hall–Kier alpha value is -1.20. The van der Waals surface area contributed by atoms with Crippen LogP contribution in [0.2, 0.25) is 0 Å². The maximum atomic E-state index is 11.9. The highest BCUT2D eigenvalue weighted by molar-refractivity contribution is 8.14. The van der Waals surface area contributed by atoms with E-state index in [9.17, 15) is 9.90 Å². The van der Waals surface area contributed by atoms with Crippen LogP contribution in [0.5, 0.6) is 11.5 Å². The molecule has 2 saturated carbocycles. The summed E-state index contributed by atoms with van der Waals surface area (Å²) >= 11 is 1.46. The lowest BCUT2D eigenvalue weighted by Gasteiger charge is -2.59. The van der Waals surface area contributed by atoms with Crippen molar-refractivity contribution in [3.63, 3.8) is 0 Å². The summed E-state index contributed by atoms with van der Waals surface area (Å²) in [5.74, 6) is 2.51. The fourth-order valence-electron chi connectivity index (χ4n) is 6.77. The first-order chi connectivity index (χ1) is 13.1. The van der Waals surface area contributed by atoms with Crippen molar-refractivity contribution >= 4 is 16.9 Å². The molecule has 2 bridgehead atoms. The third kappa shape index (κ3) is 2.24. The van der Waals surface area contributed by atoms with E-state index >= 15 is 0 Å². The van der Waals surface area contributed by atoms with E-state index in [0.717, 1.165) is 37.5 Å². The van der Waals surface area contributed by atoms with Crippen molar-refractivity contribution < 1.29 is 14.6 Å². The zero-order valence-electron chi connectivity index (χ0n) is 15.8. The third-order valence-corrected chi connectivity index (χ3v) is 9.00. The van der Waals surface area contributed by atoms with Gasteiger partial charge in [0.05, 0.1) is 5.25 Å². The van der Waals surface area contributed by atoms with Gasteiger partial charge in [-0.2, -0.15) is 0 Å². The molecule has 1 unspecified atom stereocenters. The number of rotatable bonds is 3. The third-order valence-electron chi connectivity index (χ3n) is 7.88. The molecule has 3 aliphatic carbocycles. The number of nitrogens with zero attached hydrogens (tertiary/aromatic N) is 1. The number of hydrogen-bond acceptors (Lipinski definition) is 5. The second kappa shape index (κ2) is 5.66. The zero-order chi connectivity index (χ0) is 18.3. The van der Waals surface area contributed by atoms with E-state index in [0.29, 0.717) is 12.0 Å². The average molecular weight is 386 g/mol. The fraction of sp³-hybridized carbons (Fsp3) is 0.682. The lowest BCUT2D eigenvalue weighted by Crippen LogP contribution is -2.66. The van der Waals surface area contributed by atoms with Crippen molar-refractivity contribution in [3.8, 4) is 11.5 Å². The van der Waals surface area contributed by atoms with Crippen LogP contribution in [0.15, 0.2) is 12.1 Å². The Morgan fingerprint density at radius 2 is 2.19 bits per heavy atom. The summed E-state index contributed by atoms with van der Waals surface area (Å²) in [6, 6.07) is 4.54. The van der Waals surface area contributed by atoms with E-state index in [1.807, 2.05) is 6.07 Å². The van der Waals surface area contributed by atoms with Gasteiger partial charge in [-0.05, 0) is 68.5 Å². The molecule has 0 aromatic heterocycles. The smallest absolute Gasteiger partial charge is 0.186 e. The number of carbonyl (C=O) groups excluding carboxylic acids is 1. The summed E-state index contributed by atoms with van der Waals surface area (Å²) in [5.41, 5.74) is 2.67. The lowest BCUT2D eigenvalue weighted by molar-refractivity contribution is -0.109. The normalized spacial score (nSPS) is 39.0. The van der Waals surface area contributed by atoms with Crippen molar-refractivity contribution in [1.29, 1.82) is 0 Å². The summed E-state index contributed by atoms with van der Waals surface area (Å²) in [6.07, 6.45) is 7.22. The van der Waals surface area contributed by atoms with Gasteiger partial charge in [0.2, 0.25) is 0 Å². The standard InChI is InChI=1S/C22H27NO3S/c1-12(24)27-18-7-5-15-16-10-14-4-6-17(25)20-19(14)22(15,21(18)26-20)8-9-23(16)11-13-2-3-13/h4,6,13,15-16,18,21,25H,2-3,5,7-11H2,1H3/t15-,16+,18+,21?,22-/m0/s1. The number of aromatic hydroxyl groups is 1. The molecular weight excluding hydrogens is 358 g/mol. The predicted octanol–water partition coefficient (Wildman–Crippen LogP) is 3.49. The molecule has 0 amide bonds. The lowest BCUT2D eigenvalue weighted by atomic mass is 9.52. The maximum absolute atomic E-state index is 11.9. The van der Waals surface area contributed by atoms with E-state index in [-0.39, 0.29) is 27.6 Å². The molecule has 5 heteroatoms. The first-order valence-corrected chi connectivity index (χ1v) is 11.4. The minimum atomic E-state index is -0.00224. The molecule has 4 nitrogen and oxygen atoms in total. The van der Waals surface area contributed by atoms with Crippen LogP contribution in [-0.4, -0.2) is 45.6 Å². The first-order valence-electron chi connectivity index (χ1n) is 10.5. The average Bonchev–Trinajstić information content (AvgIpc) is 3.38. The van der Waals surface area contributed by atoms with Crippen molar-refractivity contribution in [2.24, 2.45) is 11.8 Å². The van der Waals surface area contributed by atoms with Crippen molar-refractivity contribution in [2.75, 3.05) is 13.1 Å². The van der Waals surface area contributed by atoms with E-state index < -0.39 is 0 Å². The van der Waals surface area contributed by atoms with Gasteiger partial charge in [0, 0.05) is 30.5 Å². The zero-order valence-corrected chi connectivity index (χ0v) is 16.6. The highest BCUT2D eigenvalue weighted by atomic mass is 32.2. The van der Waals surface area contributed by atoms with Gasteiger partial charge in [-0.25, -0.2) is 0 Å². The molecule has 1 saturated heterocycles. The minimum absolute atomic E-state index is 0.00224. The molecule has 2 heterocycles. The molecule has 144 valence electrons. The molecule has 5 aliphatic rings. The molecule has 2 aliphatic heterocycles. The van der Waals surface area contributed by atoms with Crippen LogP contribution in [0, 0.1) is 11.8 Å². The van der Waals surface area contributed by atoms with Crippen LogP contribution >= 0.6 is 11.8 Å². The van der Waals surface area contributed by atoms with Crippen LogP contribution in [0.1, 0.15) is 50.2 Å². The summed E-state index contributed by atoms with van der Waals surface area (Å²) in [6.45, 7) is 4.06. The number of ether oxygens (including phenoxy) is 1. The predicted molar refractivity (Wildman–Crippen MR) is 105 cm³/mol. The van der Waals surface area contributed by atoms with E-state index in [1.54, 1.807) is 6.92 Å². The summed E-state index contributed by atoms with van der Waals surface area (Å²) in [4.78, 5) is 14.7. The monoisotopic (exact) mass is 385 g/mol. The van der Waals surface area contributed by atoms with Crippen LogP contribution in [-0.2, 0) is 16.6 Å². The van der Waals surface area contributed by atoms with Gasteiger partial charge in [0.15, 0.2) is 16.6 Å². The number of likely N-dealkylation sites (tertiary alicyclic amines) is 1. The summed E-state index contributed by atoms with van der Waals surface area (Å²) in [7, 11) is 0. The van der Waals surface area contributed by atoms with Crippen molar-refractivity contribution in [1.82, 2.24) is 4.90 Å². The van der Waals surface area contributed by atoms with Gasteiger partial charge in [0.25, 0.3) is 0 Å². The molecule has 1 aromatic rings. The Labute approximate surface area is 164 Å². The molecule has 6 rings (SSSR count). The van der Waals surface area contributed by atoms with Gasteiger partial charge < -0.3 is 9.84 Å². The highest BCUT2D eigenvalue weighted by Crippen LogP contribution is 2.65. The molecular formula is C22H27NO3S. The number of piperidine rings is 1. The van der Waals surface area contributed by atoms with Crippen molar-refractivity contribution in [3.05, 3.63) is 23.3 Å². The Morgan fingerprint density at radius 3 is 2.96 bits per heavy atom. The minimum Gasteiger partial charge on any atom is -0.504 e. The van der Waals surface area contributed by atoms with Crippen LogP contribution in [0.3, 0.4) is 0 Å². The number of carbonyl (C=O) groups is 1. The topological polar surface area (TPSA) is 49.8 Å². The number of thioether (sulfide) groups is 1. The van der Waals surface area contributed by atoms with Crippen LogP contribution in [0.25, 0.3) is 0 Å². The van der Waals surface area contributed by atoms with E-state index in [1.165, 1.54) is 48.7 Å². The Bertz CT molecular complexity index is 822. The Balaban J connectivity index is 1.47. The SMILES string of the molecule is CC(=O)S[C@@H]1CC[C@H]2[C@H]3Cc4ccc(O)c5c4[C@@]2(CCN3CC2CC2)C1O5. The number of phenols is 1. The summed E-state index contributed by atoms with van der Waals surface area (Å²) < 4.78 is 6.51. The van der Waals surface area contributed by atoms with Crippen LogP contribution in [0.4, 0.5) is 0 Å². The van der Waals surface area contributed by atoms with Gasteiger partial charge in [-0.15, -0.1) is 0 Å². The summed E-state index contributed by atoms with van der Waals surface area (Å²) in [5, 5.41) is 10.9. The highest BCUT2D eigenvalue weighted by Gasteiger charge is 2.66. The van der Waals surface area contributed by atoms with Crippen molar-refractivity contribution in [2.45, 2.75) is 68.3 Å². The molecule has 0 radical (unpaired) electrons. The number of hydrogen-bond donors (Lipinski definition) is 1. The molecule has 1 N–H and O–H groups in total. The van der Waals surface area contributed by atoms with Gasteiger partial charge in [0.1, 0.15) is 6.10 Å². The second-order valence-corrected chi connectivity index (χ2v) is 10.7. The van der Waals surface area contributed by atoms with Gasteiger partial charge >= 0.3 is 0 Å². The maximum Gasteiger partial charge on any atom is 0.186 e. The van der Waals surface area contributed by atoms with Gasteiger partial charge in [-0.1, -0.05) is 17.8 Å². The van der Waals surface area contributed by atoms with Crippen LogP contribution < -0.4 is 4.74 Å². The first kappa shape index (κ1) is 16.7. The molecule has 27 heavy (non-hydrogen) atoms. The molecule has 3 fully saturated rings. The largest absolute Gasteiger partial charge is 0.504 e.